The van der Waals surface area contributed by atoms with Crippen LogP contribution < -0.4 is 17.2 Å². The van der Waals surface area contributed by atoms with Crippen LogP contribution in [0.25, 0.3) is 0 Å². The molecule has 1 aromatic rings. The number of benzene rings is 1. The van der Waals surface area contributed by atoms with E-state index in [1.54, 1.807) is 0 Å². The van der Waals surface area contributed by atoms with Crippen LogP contribution in [0.3, 0.4) is 0 Å². The minimum Gasteiger partial charge on any atom is -0.398 e. The molecule has 0 fully saturated rings. The van der Waals surface area contributed by atoms with E-state index in [0.717, 1.165) is 16.7 Å². The summed E-state index contributed by atoms with van der Waals surface area (Å²) in [6.07, 6.45) is -0.483. The molecule has 0 aliphatic rings. The second kappa shape index (κ2) is 3.13. The van der Waals surface area contributed by atoms with Crippen molar-refractivity contribution in [2.75, 3.05) is 5.73 Å². The van der Waals surface area contributed by atoms with E-state index in [9.17, 15) is 0 Å². The zero-order valence-corrected chi connectivity index (χ0v) is 7.46. The predicted molar refractivity (Wildman–Crippen MR) is 51.4 cm³/mol. The molecule has 66 valence electrons. The Balaban J connectivity index is 3.28. The monoisotopic (exact) mass is 165 g/mol. The molecule has 0 unspecified atom stereocenters. The van der Waals surface area contributed by atoms with Gasteiger partial charge in [0.25, 0.3) is 0 Å². The highest BCUT2D eigenvalue weighted by Gasteiger charge is 2.06. The maximum atomic E-state index is 5.79. The van der Waals surface area contributed by atoms with Crippen molar-refractivity contribution in [1.82, 2.24) is 0 Å². The van der Waals surface area contributed by atoms with Crippen molar-refractivity contribution in [3.63, 3.8) is 0 Å². The normalized spacial score (nSPS) is 10.8. The molecule has 0 aliphatic heterocycles. The lowest BCUT2D eigenvalue weighted by molar-refractivity contribution is 0.774. The Bertz CT molecular complexity index is 292. The van der Waals surface area contributed by atoms with Crippen molar-refractivity contribution in [3.05, 3.63) is 28.8 Å². The molecule has 0 aliphatic carbocycles. The third kappa shape index (κ3) is 1.57. The highest BCUT2D eigenvalue weighted by atomic mass is 14.9. The number of hydrogen-bond acceptors (Lipinski definition) is 3. The number of nitrogen functional groups attached to an aromatic ring is 1. The van der Waals surface area contributed by atoms with E-state index in [2.05, 4.69) is 0 Å². The first kappa shape index (κ1) is 9.03. The summed E-state index contributed by atoms with van der Waals surface area (Å²) in [5, 5.41) is 0. The molecule has 0 spiro atoms. The molecule has 1 rings (SSSR count). The number of anilines is 1. The summed E-state index contributed by atoms with van der Waals surface area (Å²) >= 11 is 0. The zero-order chi connectivity index (χ0) is 9.30. The molecule has 0 amide bonds. The molecule has 0 aromatic heterocycles. The number of rotatable bonds is 1. The first-order valence-corrected chi connectivity index (χ1v) is 3.90. The van der Waals surface area contributed by atoms with Crippen molar-refractivity contribution in [3.8, 4) is 0 Å². The molecule has 0 radical (unpaired) electrons. The lowest BCUT2D eigenvalue weighted by Crippen LogP contribution is -2.21. The lowest BCUT2D eigenvalue weighted by atomic mass is 10.0. The fourth-order valence-electron chi connectivity index (χ4n) is 1.29. The van der Waals surface area contributed by atoms with E-state index >= 15 is 0 Å². The second-order valence-corrected chi connectivity index (χ2v) is 3.11. The van der Waals surface area contributed by atoms with Gasteiger partial charge in [0.15, 0.2) is 0 Å². The maximum absolute atomic E-state index is 5.79. The van der Waals surface area contributed by atoms with Gasteiger partial charge in [-0.2, -0.15) is 0 Å². The Morgan fingerprint density at radius 2 is 1.75 bits per heavy atom. The molecule has 3 nitrogen and oxygen atoms in total. The molecule has 0 bridgehead atoms. The fourth-order valence-corrected chi connectivity index (χ4v) is 1.29. The van der Waals surface area contributed by atoms with Crippen molar-refractivity contribution in [1.29, 1.82) is 0 Å². The van der Waals surface area contributed by atoms with Gasteiger partial charge >= 0.3 is 0 Å². The maximum Gasteiger partial charge on any atom is 0.0805 e. The van der Waals surface area contributed by atoms with Gasteiger partial charge < -0.3 is 17.2 Å². The first-order valence-electron chi connectivity index (χ1n) is 3.90. The molecule has 0 atom stereocenters. The third-order valence-electron chi connectivity index (χ3n) is 1.92. The van der Waals surface area contributed by atoms with Crippen LogP contribution in [0, 0.1) is 13.8 Å². The van der Waals surface area contributed by atoms with Crippen LogP contribution >= 0.6 is 0 Å². The van der Waals surface area contributed by atoms with Crippen LogP contribution in [0.15, 0.2) is 12.1 Å². The fraction of sp³-hybridized carbons (Fsp3) is 0.333. The summed E-state index contributed by atoms with van der Waals surface area (Å²) in [7, 11) is 0. The van der Waals surface area contributed by atoms with Crippen molar-refractivity contribution >= 4 is 5.69 Å². The van der Waals surface area contributed by atoms with Crippen LogP contribution in [-0.4, -0.2) is 0 Å². The van der Waals surface area contributed by atoms with E-state index in [0.29, 0.717) is 5.69 Å². The van der Waals surface area contributed by atoms with E-state index in [-0.39, 0.29) is 0 Å². The Morgan fingerprint density at radius 1 is 1.17 bits per heavy atom. The summed E-state index contributed by atoms with van der Waals surface area (Å²) in [5.74, 6) is 0. The standard InChI is InChI=1S/C9H15N3/c1-5-3-6(2)8(10)7(4-5)9(11)12/h3-4,9H,10-12H2,1-2H3. The van der Waals surface area contributed by atoms with Gasteiger partial charge in [-0.25, -0.2) is 0 Å². The largest absolute Gasteiger partial charge is 0.398 e. The summed E-state index contributed by atoms with van der Waals surface area (Å²) in [6.45, 7) is 3.95. The molecule has 6 N–H and O–H groups in total. The second-order valence-electron chi connectivity index (χ2n) is 3.11. The summed E-state index contributed by atoms with van der Waals surface area (Å²) in [6, 6.07) is 3.94. The van der Waals surface area contributed by atoms with E-state index in [1.165, 1.54) is 0 Å². The van der Waals surface area contributed by atoms with Gasteiger partial charge in [0.1, 0.15) is 0 Å². The average molecular weight is 165 g/mol. The minimum atomic E-state index is -0.483. The predicted octanol–water partition coefficient (Wildman–Crippen LogP) is 0.802. The van der Waals surface area contributed by atoms with Crippen molar-refractivity contribution < 1.29 is 0 Å². The first-order chi connectivity index (χ1) is 5.52. The van der Waals surface area contributed by atoms with Gasteiger partial charge in [-0.3, -0.25) is 0 Å². The van der Waals surface area contributed by atoms with Gasteiger partial charge in [0, 0.05) is 11.3 Å². The number of hydrogen-bond donors (Lipinski definition) is 3. The minimum absolute atomic E-state index is 0.483. The van der Waals surface area contributed by atoms with Gasteiger partial charge in [-0.1, -0.05) is 17.7 Å². The van der Waals surface area contributed by atoms with Crippen molar-refractivity contribution in [2.24, 2.45) is 11.5 Å². The number of nitrogens with two attached hydrogens (primary N) is 3. The van der Waals surface area contributed by atoms with Crippen molar-refractivity contribution in [2.45, 2.75) is 20.0 Å². The highest BCUT2D eigenvalue weighted by Crippen LogP contribution is 2.21. The number of aryl methyl sites for hydroxylation is 2. The van der Waals surface area contributed by atoms with Gasteiger partial charge in [-0.05, 0) is 19.4 Å². The Labute approximate surface area is 72.5 Å². The Morgan fingerprint density at radius 3 is 2.25 bits per heavy atom. The van der Waals surface area contributed by atoms with Crippen LogP contribution in [0.1, 0.15) is 22.9 Å². The van der Waals surface area contributed by atoms with Crippen LogP contribution in [0.4, 0.5) is 5.69 Å². The van der Waals surface area contributed by atoms with Crippen LogP contribution in [-0.2, 0) is 0 Å². The average Bonchev–Trinajstić information content (AvgIpc) is 1.96. The quantitative estimate of drug-likeness (QED) is 0.425. The molecule has 0 saturated heterocycles. The molecule has 1 aromatic carbocycles. The van der Waals surface area contributed by atoms with Gasteiger partial charge in [-0.15, -0.1) is 0 Å². The lowest BCUT2D eigenvalue weighted by Gasteiger charge is -2.12. The molecule has 0 heterocycles. The molecule has 0 saturated carbocycles. The van der Waals surface area contributed by atoms with Gasteiger partial charge in [0.2, 0.25) is 0 Å². The zero-order valence-electron chi connectivity index (χ0n) is 7.46. The third-order valence-corrected chi connectivity index (χ3v) is 1.92. The molecular formula is C9H15N3. The van der Waals surface area contributed by atoms with Crippen LogP contribution in [0.2, 0.25) is 0 Å². The molecule has 3 heteroatoms. The Hall–Kier alpha value is -1.06. The smallest absolute Gasteiger partial charge is 0.0805 e. The summed E-state index contributed by atoms with van der Waals surface area (Å²) < 4.78 is 0. The Kier molecular flexibility index (Phi) is 2.35. The topological polar surface area (TPSA) is 78.1 Å². The van der Waals surface area contributed by atoms with E-state index < -0.39 is 6.17 Å². The summed E-state index contributed by atoms with van der Waals surface area (Å²) in [4.78, 5) is 0. The SMILES string of the molecule is Cc1cc(C)c(N)c(C(N)N)c1. The summed E-state index contributed by atoms with van der Waals surface area (Å²) in [5.41, 5.74) is 20.6. The molecular weight excluding hydrogens is 150 g/mol. The van der Waals surface area contributed by atoms with E-state index in [1.807, 2.05) is 26.0 Å². The van der Waals surface area contributed by atoms with E-state index in [4.69, 9.17) is 17.2 Å². The highest BCUT2D eigenvalue weighted by molar-refractivity contribution is 5.55. The molecule has 12 heavy (non-hydrogen) atoms. The van der Waals surface area contributed by atoms with Crippen LogP contribution in [0.5, 0.6) is 0 Å². The van der Waals surface area contributed by atoms with Gasteiger partial charge in [0.05, 0.1) is 6.17 Å².